The fraction of sp³-hybridized carbons (Fsp3) is 0.267. The Morgan fingerprint density at radius 1 is 1.40 bits per heavy atom. The van der Waals surface area contributed by atoms with Gasteiger partial charge in [-0.15, -0.1) is 0 Å². The number of aliphatic hydroxyl groups is 1. The Balaban J connectivity index is 1.62. The summed E-state index contributed by atoms with van der Waals surface area (Å²) in [5, 5.41) is 12.8. The van der Waals surface area contributed by atoms with Crippen LogP contribution in [0.4, 0.5) is 0 Å². The van der Waals surface area contributed by atoms with E-state index in [1.807, 2.05) is 18.2 Å². The number of carbonyl (C=O) groups excluding carboxylic acids is 1. The Bertz CT molecular complexity index is 606. The van der Waals surface area contributed by atoms with E-state index >= 15 is 0 Å². The lowest BCUT2D eigenvalue weighted by atomic mass is 10.0. The van der Waals surface area contributed by atoms with Gasteiger partial charge in [0.25, 0.3) is 5.91 Å². The number of aliphatic hydroxyl groups excluding tert-OH is 1. The second-order valence-electron chi connectivity index (χ2n) is 4.70. The zero-order valence-electron chi connectivity index (χ0n) is 10.8. The van der Waals surface area contributed by atoms with Crippen molar-refractivity contribution >= 4 is 5.91 Å². The predicted molar refractivity (Wildman–Crippen MR) is 71.6 cm³/mol. The van der Waals surface area contributed by atoms with E-state index in [9.17, 15) is 9.90 Å². The maximum absolute atomic E-state index is 11.7. The number of rotatable bonds is 4. The van der Waals surface area contributed by atoms with Crippen molar-refractivity contribution in [3.05, 3.63) is 53.5 Å². The van der Waals surface area contributed by atoms with Gasteiger partial charge in [-0.25, -0.2) is 0 Å². The van der Waals surface area contributed by atoms with Gasteiger partial charge in [-0.1, -0.05) is 6.07 Å². The van der Waals surface area contributed by atoms with Crippen LogP contribution in [0.15, 0.2) is 41.2 Å². The van der Waals surface area contributed by atoms with Crippen molar-refractivity contribution in [2.75, 3.05) is 13.2 Å². The van der Waals surface area contributed by atoms with Crippen LogP contribution in [0.3, 0.4) is 0 Å². The van der Waals surface area contributed by atoms with Crippen LogP contribution in [0.25, 0.3) is 0 Å². The number of fused-ring (bicyclic) bond motifs is 1. The monoisotopic (exact) mass is 273 g/mol. The summed E-state index contributed by atoms with van der Waals surface area (Å²) >= 11 is 0. The number of furan rings is 1. The van der Waals surface area contributed by atoms with Crippen molar-refractivity contribution in [1.29, 1.82) is 0 Å². The summed E-state index contributed by atoms with van der Waals surface area (Å²) < 4.78 is 10.3. The first-order valence-electron chi connectivity index (χ1n) is 6.48. The van der Waals surface area contributed by atoms with Crippen molar-refractivity contribution in [2.45, 2.75) is 12.5 Å². The van der Waals surface area contributed by atoms with E-state index < -0.39 is 6.10 Å². The highest BCUT2D eigenvalue weighted by Gasteiger charge is 2.16. The topological polar surface area (TPSA) is 71.7 Å². The van der Waals surface area contributed by atoms with Gasteiger partial charge in [0.1, 0.15) is 12.0 Å². The Labute approximate surface area is 116 Å². The molecule has 5 heteroatoms. The third-order valence-electron chi connectivity index (χ3n) is 3.34. The molecule has 1 atom stereocenters. The molecule has 20 heavy (non-hydrogen) atoms. The maximum Gasteiger partial charge on any atom is 0.254 e. The van der Waals surface area contributed by atoms with Crippen molar-refractivity contribution in [2.24, 2.45) is 0 Å². The first-order chi connectivity index (χ1) is 9.74. The minimum Gasteiger partial charge on any atom is -0.493 e. The van der Waals surface area contributed by atoms with Gasteiger partial charge < -0.3 is 19.6 Å². The molecule has 5 nitrogen and oxygen atoms in total. The normalized spacial score (nSPS) is 14.4. The number of ether oxygens (including phenoxy) is 1. The van der Waals surface area contributed by atoms with E-state index in [2.05, 4.69) is 5.32 Å². The summed E-state index contributed by atoms with van der Waals surface area (Å²) in [7, 11) is 0. The highest BCUT2D eigenvalue weighted by atomic mass is 16.5. The molecule has 0 spiro atoms. The molecule has 0 fully saturated rings. The van der Waals surface area contributed by atoms with Crippen molar-refractivity contribution in [3.63, 3.8) is 0 Å². The molecule has 2 aromatic rings. The Kier molecular flexibility index (Phi) is 3.43. The second-order valence-corrected chi connectivity index (χ2v) is 4.70. The van der Waals surface area contributed by atoms with Crippen molar-refractivity contribution < 1.29 is 19.1 Å². The van der Waals surface area contributed by atoms with Crippen LogP contribution in [0.1, 0.15) is 27.6 Å². The largest absolute Gasteiger partial charge is 0.493 e. The van der Waals surface area contributed by atoms with E-state index in [-0.39, 0.29) is 12.5 Å². The van der Waals surface area contributed by atoms with Gasteiger partial charge >= 0.3 is 0 Å². The molecule has 1 amide bonds. The Morgan fingerprint density at radius 3 is 3.10 bits per heavy atom. The van der Waals surface area contributed by atoms with Gasteiger partial charge in [-0.05, 0) is 29.3 Å². The first-order valence-corrected chi connectivity index (χ1v) is 6.48. The van der Waals surface area contributed by atoms with E-state index in [1.54, 1.807) is 6.07 Å². The van der Waals surface area contributed by atoms with E-state index in [0.717, 1.165) is 23.3 Å². The quantitative estimate of drug-likeness (QED) is 0.889. The predicted octanol–water partition coefficient (Wildman–Crippen LogP) is 1.68. The fourth-order valence-electron chi connectivity index (χ4n) is 2.22. The number of amides is 1. The summed E-state index contributed by atoms with van der Waals surface area (Å²) in [4.78, 5) is 11.7. The number of hydrogen-bond acceptors (Lipinski definition) is 4. The lowest BCUT2D eigenvalue weighted by Crippen LogP contribution is -2.28. The van der Waals surface area contributed by atoms with E-state index in [1.165, 1.54) is 12.5 Å². The molecule has 2 N–H and O–H groups in total. The highest BCUT2D eigenvalue weighted by Crippen LogP contribution is 2.27. The number of nitrogens with one attached hydrogen (secondary N) is 1. The minimum atomic E-state index is -0.739. The summed E-state index contributed by atoms with van der Waals surface area (Å²) in [5.41, 5.74) is 2.32. The molecule has 0 radical (unpaired) electrons. The smallest absolute Gasteiger partial charge is 0.254 e. The molecular weight excluding hydrogens is 258 g/mol. The van der Waals surface area contributed by atoms with Crippen LogP contribution in [0.2, 0.25) is 0 Å². The molecule has 2 heterocycles. The SMILES string of the molecule is O=C(NCC(O)c1ccc2c(c1)CCO2)c1ccoc1. The molecule has 1 unspecified atom stereocenters. The minimum absolute atomic E-state index is 0.156. The first kappa shape index (κ1) is 12.7. The van der Waals surface area contributed by atoms with E-state index in [4.69, 9.17) is 9.15 Å². The average Bonchev–Trinajstić information content (AvgIpc) is 3.13. The molecule has 1 aliphatic rings. The Morgan fingerprint density at radius 2 is 2.30 bits per heavy atom. The molecule has 0 saturated heterocycles. The zero-order valence-corrected chi connectivity index (χ0v) is 10.8. The van der Waals surface area contributed by atoms with Gasteiger partial charge in [0.15, 0.2) is 0 Å². The third-order valence-corrected chi connectivity index (χ3v) is 3.34. The van der Waals surface area contributed by atoms with Crippen molar-refractivity contribution in [1.82, 2.24) is 5.32 Å². The van der Waals surface area contributed by atoms with Gasteiger partial charge in [0, 0.05) is 13.0 Å². The summed E-state index contributed by atoms with van der Waals surface area (Å²) in [6, 6.07) is 7.18. The molecule has 0 saturated carbocycles. The fourth-order valence-corrected chi connectivity index (χ4v) is 2.22. The van der Waals surface area contributed by atoms with Crippen LogP contribution in [0.5, 0.6) is 5.75 Å². The lowest BCUT2D eigenvalue weighted by Gasteiger charge is -2.13. The van der Waals surface area contributed by atoms with Crippen LogP contribution < -0.4 is 10.1 Å². The summed E-state index contributed by atoms with van der Waals surface area (Å²) in [6.45, 7) is 0.843. The van der Waals surface area contributed by atoms with E-state index in [0.29, 0.717) is 12.2 Å². The van der Waals surface area contributed by atoms with Crippen LogP contribution in [-0.2, 0) is 6.42 Å². The molecule has 1 aromatic heterocycles. The summed E-state index contributed by atoms with van der Waals surface area (Å²) in [6.07, 6.45) is 2.93. The number of hydrogen-bond donors (Lipinski definition) is 2. The second kappa shape index (κ2) is 5.38. The van der Waals surface area contributed by atoms with Gasteiger partial charge in [0.2, 0.25) is 0 Å². The molecule has 1 aliphatic heterocycles. The summed E-state index contributed by atoms with van der Waals surface area (Å²) in [5.74, 6) is 0.616. The molecule has 104 valence electrons. The molecule has 1 aromatic carbocycles. The van der Waals surface area contributed by atoms with Crippen LogP contribution >= 0.6 is 0 Å². The van der Waals surface area contributed by atoms with Gasteiger partial charge in [0.05, 0.1) is 24.5 Å². The highest BCUT2D eigenvalue weighted by molar-refractivity contribution is 5.93. The zero-order chi connectivity index (χ0) is 13.9. The standard InChI is InChI=1S/C15H15NO4/c17-13(8-16-15(18)12-3-5-19-9-12)10-1-2-14-11(7-10)4-6-20-14/h1-3,5,7,9,13,17H,4,6,8H2,(H,16,18). The van der Waals surface area contributed by atoms with Gasteiger partial charge in [-0.3, -0.25) is 4.79 Å². The van der Waals surface area contributed by atoms with Crippen LogP contribution in [0, 0.1) is 0 Å². The van der Waals surface area contributed by atoms with Gasteiger partial charge in [-0.2, -0.15) is 0 Å². The number of benzene rings is 1. The van der Waals surface area contributed by atoms with Crippen molar-refractivity contribution in [3.8, 4) is 5.75 Å². The van der Waals surface area contributed by atoms with Crippen LogP contribution in [-0.4, -0.2) is 24.2 Å². The number of carbonyl (C=O) groups is 1. The molecule has 0 bridgehead atoms. The Hall–Kier alpha value is -2.27. The average molecular weight is 273 g/mol. The molecule has 0 aliphatic carbocycles. The molecular formula is C15H15NO4. The molecule has 3 rings (SSSR count). The lowest BCUT2D eigenvalue weighted by molar-refractivity contribution is 0.0915. The third kappa shape index (κ3) is 2.53. The maximum atomic E-state index is 11.7.